The van der Waals surface area contributed by atoms with Crippen LogP contribution in [0.1, 0.15) is 5.56 Å². The van der Waals surface area contributed by atoms with Crippen molar-refractivity contribution in [2.45, 2.75) is 6.92 Å². The van der Waals surface area contributed by atoms with E-state index < -0.39 is 0 Å². The van der Waals surface area contributed by atoms with Crippen molar-refractivity contribution in [3.63, 3.8) is 0 Å². The van der Waals surface area contributed by atoms with E-state index in [1.165, 1.54) is 4.68 Å². The molecule has 106 valence electrons. The van der Waals surface area contributed by atoms with E-state index >= 15 is 0 Å². The first-order valence-electron chi connectivity index (χ1n) is 6.06. The molecule has 1 aromatic carbocycles. The zero-order chi connectivity index (χ0) is 14.8. The number of rotatable bonds is 3. The molecule has 0 saturated carbocycles. The van der Waals surface area contributed by atoms with Crippen molar-refractivity contribution in [2.75, 3.05) is 5.32 Å². The Morgan fingerprint density at radius 2 is 2.10 bits per heavy atom. The molecule has 0 aliphatic heterocycles. The third-order valence-corrected chi connectivity index (χ3v) is 3.78. The lowest BCUT2D eigenvalue weighted by Gasteiger charge is -2.08. The number of aromatic nitrogens is 5. The summed E-state index contributed by atoms with van der Waals surface area (Å²) in [5.41, 5.74) is 1.97. The van der Waals surface area contributed by atoms with Gasteiger partial charge in [0, 0.05) is 22.6 Å². The zero-order valence-electron chi connectivity index (χ0n) is 11.0. The Bertz CT molecular complexity index is 774. The average Bonchev–Trinajstić information content (AvgIpc) is 2.96. The maximum absolute atomic E-state index is 5.94. The van der Waals surface area contributed by atoms with Gasteiger partial charge in [0.05, 0.1) is 0 Å². The number of hydrogen-bond donors (Lipinski definition) is 1. The van der Waals surface area contributed by atoms with Gasteiger partial charge in [-0.25, -0.2) is 4.68 Å². The van der Waals surface area contributed by atoms with E-state index in [1.54, 1.807) is 18.5 Å². The highest BCUT2D eigenvalue weighted by atomic mass is 79.9. The van der Waals surface area contributed by atoms with E-state index in [9.17, 15) is 0 Å². The van der Waals surface area contributed by atoms with Crippen molar-refractivity contribution in [1.82, 2.24) is 24.7 Å². The van der Waals surface area contributed by atoms with Gasteiger partial charge < -0.3 is 5.32 Å². The molecule has 6 nitrogen and oxygen atoms in total. The fraction of sp³-hybridized carbons (Fsp3) is 0.0769. The number of aryl methyl sites for hydroxylation is 1. The Balaban J connectivity index is 1.93. The van der Waals surface area contributed by atoms with Gasteiger partial charge in [-0.05, 0) is 48.4 Å². The van der Waals surface area contributed by atoms with Crippen LogP contribution in [0.2, 0.25) is 5.28 Å². The van der Waals surface area contributed by atoms with Gasteiger partial charge in [0.25, 0.3) is 5.95 Å². The molecule has 0 fully saturated rings. The van der Waals surface area contributed by atoms with Crippen LogP contribution in [0.15, 0.2) is 41.1 Å². The van der Waals surface area contributed by atoms with Gasteiger partial charge in [0.2, 0.25) is 11.2 Å². The first-order valence-corrected chi connectivity index (χ1v) is 7.24. The molecule has 21 heavy (non-hydrogen) atoms. The molecule has 0 unspecified atom stereocenters. The fourth-order valence-electron chi connectivity index (χ4n) is 1.74. The van der Waals surface area contributed by atoms with Crippen LogP contribution in [0.3, 0.4) is 0 Å². The van der Waals surface area contributed by atoms with E-state index in [0.29, 0.717) is 11.9 Å². The lowest BCUT2D eigenvalue weighted by atomic mass is 10.2. The first-order chi connectivity index (χ1) is 10.1. The molecule has 8 heteroatoms. The molecule has 0 amide bonds. The van der Waals surface area contributed by atoms with E-state index in [-0.39, 0.29) is 5.28 Å². The maximum atomic E-state index is 5.94. The molecule has 0 saturated heterocycles. The molecule has 3 rings (SSSR count). The lowest BCUT2D eigenvalue weighted by Crippen LogP contribution is -2.07. The Kier molecular flexibility index (Phi) is 3.85. The summed E-state index contributed by atoms with van der Waals surface area (Å²) in [6.07, 6.45) is 3.38. The summed E-state index contributed by atoms with van der Waals surface area (Å²) < 4.78 is 2.56. The Morgan fingerprint density at radius 1 is 1.24 bits per heavy atom. The van der Waals surface area contributed by atoms with Crippen molar-refractivity contribution >= 4 is 39.2 Å². The standard InChI is InChI=1S/C13H10BrClN6/c1-8-7-9(3-4-10(8)14)17-12-18-11(15)19-13(20-12)21-6-2-5-16-21/h2-7H,1H3,(H,17,18,19,20). The molecule has 0 spiro atoms. The summed E-state index contributed by atoms with van der Waals surface area (Å²) in [6.45, 7) is 2.00. The third kappa shape index (κ3) is 3.20. The Morgan fingerprint density at radius 3 is 2.81 bits per heavy atom. The third-order valence-electron chi connectivity index (χ3n) is 2.72. The van der Waals surface area contributed by atoms with Gasteiger partial charge in [-0.1, -0.05) is 15.9 Å². The summed E-state index contributed by atoms with van der Waals surface area (Å²) in [7, 11) is 0. The SMILES string of the molecule is Cc1cc(Nc2nc(Cl)nc(-n3cccn3)n2)ccc1Br. The molecule has 2 aromatic heterocycles. The van der Waals surface area contributed by atoms with Gasteiger partial charge in [-0.2, -0.15) is 20.1 Å². The van der Waals surface area contributed by atoms with Crippen molar-refractivity contribution < 1.29 is 0 Å². The van der Waals surface area contributed by atoms with Crippen LogP contribution >= 0.6 is 27.5 Å². The van der Waals surface area contributed by atoms with E-state index in [0.717, 1.165) is 15.7 Å². The molecule has 3 aromatic rings. The molecular formula is C13H10BrClN6. The summed E-state index contributed by atoms with van der Waals surface area (Å²) in [6, 6.07) is 7.63. The molecule has 0 bridgehead atoms. The Hall–Kier alpha value is -1.99. The predicted octanol–water partition coefficient (Wildman–Crippen LogP) is 3.53. The van der Waals surface area contributed by atoms with Crippen LogP contribution in [-0.4, -0.2) is 24.7 Å². The number of benzene rings is 1. The van der Waals surface area contributed by atoms with Crippen molar-refractivity contribution in [1.29, 1.82) is 0 Å². The van der Waals surface area contributed by atoms with Crippen LogP contribution in [0.4, 0.5) is 11.6 Å². The molecule has 1 N–H and O–H groups in total. The second-order valence-electron chi connectivity index (χ2n) is 4.27. The first kappa shape index (κ1) is 14.0. The van der Waals surface area contributed by atoms with Crippen LogP contribution < -0.4 is 5.32 Å². The summed E-state index contributed by atoms with van der Waals surface area (Å²) in [4.78, 5) is 12.4. The Labute approximate surface area is 134 Å². The van der Waals surface area contributed by atoms with E-state index in [1.807, 2.05) is 25.1 Å². The second-order valence-corrected chi connectivity index (χ2v) is 5.46. The molecule has 0 radical (unpaired) electrons. The summed E-state index contributed by atoms with van der Waals surface area (Å²) in [5.74, 6) is 0.721. The predicted molar refractivity (Wildman–Crippen MR) is 84.1 cm³/mol. The summed E-state index contributed by atoms with van der Waals surface area (Å²) >= 11 is 9.40. The van der Waals surface area contributed by atoms with Crippen LogP contribution in [0.25, 0.3) is 5.95 Å². The molecule has 0 atom stereocenters. The number of anilines is 2. The zero-order valence-corrected chi connectivity index (χ0v) is 13.3. The lowest BCUT2D eigenvalue weighted by molar-refractivity contribution is 0.798. The molecule has 2 heterocycles. The largest absolute Gasteiger partial charge is 0.324 e. The second kappa shape index (κ2) is 5.79. The van der Waals surface area contributed by atoms with Crippen LogP contribution in [0.5, 0.6) is 0 Å². The van der Waals surface area contributed by atoms with Crippen molar-refractivity contribution in [3.05, 3.63) is 52.0 Å². The smallest absolute Gasteiger partial charge is 0.256 e. The topological polar surface area (TPSA) is 68.5 Å². The quantitative estimate of drug-likeness (QED) is 0.769. The number of hydrogen-bond acceptors (Lipinski definition) is 5. The normalized spacial score (nSPS) is 10.6. The van der Waals surface area contributed by atoms with Crippen LogP contribution in [-0.2, 0) is 0 Å². The number of nitrogens with one attached hydrogen (secondary N) is 1. The average molecular weight is 366 g/mol. The van der Waals surface area contributed by atoms with Gasteiger partial charge in [-0.3, -0.25) is 0 Å². The minimum Gasteiger partial charge on any atom is -0.324 e. The van der Waals surface area contributed by atoms with Gasteiger partial charge in [0.15, 0.2) is 0 Å². The van der Waals surface area contributed by atoms with Gasteiger partial charge in [0.1, 0.15) is 0 Å². The monoisotopic (exact) mass is 364 g/mol. The highest BCUT2D eigenvalue weighted by Crippen LogP contribution is 2.22. The maximum Gasteiger partial charge on any atom is 0.256 e. The van der Waals surface area contributed by atoms with E-state index in [4.69, 9.17) is 11.6 Å². The van der Waals surface area contributed by atoms with Crippen molar-refractivity contribution in [3.8, 4) is 5.95 Å². The fourth-order valence-corrected chi connectivity index (χ4v) is 2.14. The highest BCUT2D eigenvalue weighted by Gasteiger charge is 2.08. The molecule has 0 aliphatic rings. The highest BCUT2D eigenvalue weighted by molar-refractivity contribution is 9.10. The number of nitrogens with zero attached hydrogens (tertiary/aromatic N) is 5. The van der Waals surface area contributed by atoms with Crippen LogP contribution in [0, 0.1) is 6.92 Å². The molecular weight excluding hydrogens is 356 g/mol. The van der Waals surface area contributed by atoms with E-state index in [2.05, 4.69) is 41.3 Å². The van der Waals surface area contributed by atoms with Gasteiger partial charge >= 0.3 is 0 Å². The molecule has 0 aliphatic carbocycles. The number of halogens is 2. The van der Waals surface area contributed by atoms with Crippen molar-refractivity contribution in [2.24, 2.45) is 0 Å². The minimum absolute atomic E-state index is 0.104. The summed E-state index contributed by atoms with van der Waals surface area (Å²) in [5, 5.41) is 7.28. The van der Waals surface area contributed by atoms with Gasteiger partial charge in [-0.15, -0.1) is 0 Å². The minimum atomic E-state index is 0.104.